The van der Waals surface area contributed by atoms with Gasteiger partial charge in [0.25, 0.3) is 5.91 Å². The highest BCUT2D eigenvalue weighted by Gasteiger charge is 2.14. The van der Waals surface area contributed by atoms with Crippen LogP contribution in [0.4, 0.5) is 17.5 Å². The molecule has 1 amide bonds. The number of oxazole rings is 1. The van der Waals surface area contributed by atoms with Crippen molar-refractivity contribution in [1.82, 2.24) is 19.9 Å². The van der Waals surface area contributed by atoms with Crippen molar-refractivity contribution in [3.63, 3.8) is 0 Å². The van der Waals surface area contributed by atoms with E-state index in [1.54, 1.807) is 45.4 Å². The number of aryl methyl sites for hydroxylation is 1. The molecule has 4 N–H and O–H groups in total. The molecule has 0 fully saturated rings. The van der Waals surface area contributed by atoms with Crippen LogP contribution in [0.25, 0.3) is 11.5 Å². The lowest BCUT2D eigenvalue weighted by Gasteiger charge is -2.13. The van der Waals surface area contributed by atoms with E-state index in [1.807, 2.05) is 30.3 Å². The molecule has 0 aliphatic rings. The zero-order valence-corrected chi connectivity index (χ0v) is 20.5. The minimum Gasteiger partial charge on any atom is -0.441 e. The number of rotatable bonds is 6. The van der Waals surface area contributed by atoms with E-state index in [0.717, 1.165) is 6.42 Å². The molecule has 0 saturated carbocycles. The number of anilines is 3. The van der Waals surface area contributed by atoms with Crippen LogP contribution in [0.2, 0.25) is 5.02 Å². The van der Waals surface area contributed by atoms with Crippen LogP contribution in [0.3, 0.4) is 0 Å². The molecule has 0 aliphatic heterocycles. The number of aromatic nitrogens is 3. The molecule has 2 heterocycles. The lowest BCUT2D eigenvalue weighted by Crippen LogP contribution is -2.21. The van der Waals surface area contributed by atoms with Crippen molar-refractivity contribution in [3.8, 4) is 11.5 Å². The number of halogens is 1. The molecular formula is C25H27ClN6O3. The Kier molecular flexibility index (Phi) is 8.77. The lowest BCUT2D eigenvalue weighted by atomic mass is 10.2. The van der Waals surface area contributed by atoms with E-state index in [-0.39, 0.29) is 24.3 Å². The summed E-state index contributed by atoms with van der Waals surface area (Å²) in [6, 6.07) is 14.9. The molecule has 0 radical (unpaired) electrons. The van der Waals surface area contributed by atoms with Gasteiger partial charge in [-0.05, 0) is 37.1 Å². The number of carbonyl (C=O) groups is 1. The average Bonchev–Trinajstić information content (AvgIpc) is 3.26. The molecular weight excluding hydrogens is 468 g/mol. The summed E-state index contributed by atoms with van der Waals surface area (Å²) in [7, 11) is 3.33. The Morgan fingerprint density at radius 1 is 1.14 bits per heavy atom. The first-order valence-electron chi connectivity index (χ1n) is 10.8. The Hall–Kier alpha value is -3.95. The van der Waals surface area contributed by atoms with Gasteiger partial charge in [0.1, 0.15) is 11.6 Å². The summed E-state index contributed by atoms with van der Waals surface area (Å²) < 4.78 is 5.43. The van der Waals surface area contributed by atoms with Crippen molar-refractivity contribution >= 4 is 35.0 Å². The minimum atomic E-state index is -0.173. The summed E-state index contributed by atoms with van der Waals surface area (Å²) >= 11 is 6.20. The Bertz CT molecular complexity index is 1280. The summed E-state index contributed by atoms with van der Waals surface area (Å²) in [5.74, 6) is 1.38. The van der Waals surface area contributed by atoms with Crippen LogP contribution in [0, 0.1) is 6.92 Å². The number of benzene rings is 2. The van der Waals surface area contributed by atoms with Crippen molar-refractivity contribution < 1.29 is 14.3 Å². The molecule has 0 atom stereocenters. The number of nitrogens with two attached hydrogens (primary N) is 1. The van der Waals surface area contributed by atoms with Gasteiger partial charge in [-0.1, -0.05) is 41.9 Å². The predicted octanol–water partition coefficient (Wildman–Crippen LogP) is 4.34. The standard InChI is InChI=1S/C17H17ClN6O2.C8H10O/c1-9-7-20-15(26-9)12-8-21-17(23-14(12)19)22-10-4-5-11(13(18)6-10)16(25)24(2)3;9-7-6-8-4-2-1-3-5-8/h4-8H,1-3H3,(H3,19,21,22,23);1-5,9H,6-7H2. The Balaban J connectivity index is 0.000000320. The number of nitrogen functional groups attached to an aromatic ring is 1. The van der Waals surface area contributed by atoms with Gasteiger partial charge in [0.05, 0.1) is 22.3 Å². The fourth-order valence-corrected chi connectivity index (χ4v) is 3.27. The van der Waals surface area contributed by atoms with Crippen molar-refractivity contribution in [2.45, 2.75) is 13.3 Å². The Labute approximate surface area is 208 Å². The Morgan fingerprint density at radius 3 is 2.46 bits per heavy atom. The van der Waals surface area contributed by atoms with E-state index in [0.29, 0.717) is 33.5 Å². The summed E-state index contributed by atoms with van der Waals surface area (Å²) in [6.45, 7) is 2.03. The van der Waals surface area contributed by atoms with Crippen LogP contribution >= 0.6 is 11.6 Å². The first-order chi connectivity index (χ1) is 16.8. The maximum absolute atomic E-state index is 12.0. The summed E-state index contributed by atoms with van der Waals surface area (Å²) in [5, 5.41) is 11.8. The first-order valence-corrected chi connectivity index (χ1v) is 11.1. The van der Waals surface area contributed by atoms with Crippen LogP contribution in [0.15, 0.2) is 65.3 Å². The fourth-order valence-electron chi connectivity index (χ4n) is 3.01. The summed E-state index contributed by atoms with van der Waals surface area (Å²) in [6.07, 6.45) is 3.89. The van der Waals surface area contributed by atoms with Gasteiger partial charge in [0.15, 0.2) is 0 Å². The monoisotopic (exact) mass is 494 g/mol. The van der Waals surface area contributed by atoms with E-state index >= 15 is 0 Å². The van der Waals surface area contributed by atoms with E-state index < -0.39 is 0 Å². The molecule has 0 saturated heterocycles. The lowest BCUT2D eigenvalue weighted by molar-refractivity contribution is 0.0828. The smallest absolute Gasteiger partial charge is 0.254 e. The number of amides is 1. The van der Waals surface area contributed by atoms with Gasteiger partial charge in [0.2, 0.25) is 11.8 Å². The van der Waals surface area contributed by atoms with Crippen molar-refractivity contribution in [2.24, 2.45) is 0 Å². The van der Waals surface area contributed by atoms with E-state index in [2.05, 4.69) is 20.3 Å². The second-order valence-corrected chi connectivity index (χ2v) is 8.15. The normalized spacial score (nSPS) is 10.3. The van der Waals surface area contributed by atoms with Crippen LogP contribution < -0.4 is 11.1 Å². The SMILES string of the molecule is Cc1cnc(-c2cnc(Nc3ccc(C(=O)N(C)C)c(Cl)c3)nc2N)o1.OCCc1ccccc1. The third kappa shape index (κ3) is 7.02. The number of aliphatic hydroxyl groups is 1. The molecule has 2 aromatic carbocycles. The number of nitrogens with one attached hydrogen (secondary N) is 1. The van der Waals surface area contributed by atoms with Gasteiger partial charge in [0, 0.05) is 32.6 Å². The molecule has 4 rings (SSSR count). The zero-order chi connectivity index (χ0) is 25.4. The molecule has 4 aromatic rings. The highest BCUT2D eigenvalue weighted by atomic mass is 35.5. The quantitative estimate of drug-likeness (QED) is 0.360. The van der Waals surface area contributed by atoms with Crippen molar-refractivity contribution in [1.29, 1.82) is 0 Å². The van der Waals surface area contributed by atoms with Crippen molar-refractivity contribution in [2.75, 3.05) is 31.8 Å². The van der Waals surface area contributed by atoms with Crippen LogP contribution in [-0.4, -0.2) is 51.6 Å². The molecule has 182 valence electrons. The number of nitrogens with zero attached hydrogens (tertiary/aromatic N) is 4. The molecule has 35 heavy (non-hydrogen) atoms. The third-order valence-corrected chi connectivity index (χ3v) is 5.09. The summed E-state index contributed by atoms with van der Waals surface area (Å²) in [4.78, 5) is 26.0. The molecule has 9 nitrogen and oxygen atoms in total. The molecule has 2 aromatic heterocycles. The largest absolute Gasteiger partial charge is 0.441 e. The van der Waals surface area contributed by atoms with E-state index in [4.69, 9.17) is 26.9 Å². The van der Waals surface area contributed by atoms with Crippen LogP contribution in [-0.2, 0) is 6.42 Å². The number of aliphatic hydroxyl groups excluding tert-OH is 1. The second-order valence-electron chi connectivity index (χ2n) is 7.75. The summed E-state index contributed by atoms with van der Waals surface area (Å²) in [5.41, 5.74) is 8.72. The molecule has 10 heteroatoms. The maximum atomic E-state index is 12.0. The molecule has 0 unspecified atom stereocenters. The van der Waals surface area contributed by atoms with Gasteiger partial charge in [-0.3, -0.25) is 4.79 Å². The Morgan fingerprint density at radius 2 is 1.89 bits per heavy atom. The molecule has 0 aliphatic carbocycles. The van der Waals surface area contributed by atoms with Gasteiger partial charge in [-0.2, -0.15) is 4.98 Å². The maximum Gasteiger partial charge on any atom is 0.254 e. The number of hydrogen-bond acceptors (Lipinski definition) is 8. The third-order valence-electron chi connectivity index (χ3n) is 4.78. The first kappa shape index (κ1) is 25.7. The fraction of sp³-hybridized carbons (Fsp3) is 0.200. The number of carbonyl (C=O) groups excluding carboxylic acids is 1. The van der Waals surface area contributed by atoms with Gasteiger partial charge in [-0.25, -0.2) is 9.97 Å². The van der Waals surface area contributed by atoms with Gasteiger partial charge >= 0.3 is 0 Å². The highest BCUT2D eigenvalue weighted by molar-refractivity contribution is 6.34. The van der Waals surface area contributed by atoms with Gasteiger partial charge < -0.3 is 25.5 Å². The minimum absolute atomic E-state index is 0.173. The highest BCUT2D eigenvalue weighted by Crippen LogP contribution is 2.26. The molecule has 0 bridgehead atoms. The van der Waals surface area contributed by atoms with Gasteiger partial charge in [-0.15, -0.1) is 0 Å². The van der Waals surface area contributed by atoms with Crippen LogP contribution in [0.5, 0.6) is 0 Å². The number of hydrogen-bond donors (Lipinski definition) is 3. The zero-order valence-electron chi connectivity index (χ0n) is 19.7. The van der Waals surface area contributed by atoms with E-state index in [1.165, 1.54) is 16.7 Å². The van der Waals surface area contributed by atoms with Crippen molar-refractivity contribution in [3.05, 3.63) is 82.8 Å². The predicted molar refractivity (Wildman–Crippen MR) is 137 cm³/mol. The molecule has 0 spiro atoms. The van der Waals surface area contributed by atoms with E-state index in [9.17, 15) is 4.79 Å². The average molecular weight is 495 g/mol. The topological polar surface area (TPSA) is 130 Å². The second kappa shape index (κ2) is 12.0. The van der Waals surface area contributed by atoms with Crippen LogP contribution in [0.1, 0.15) is 21.7 Å².